The van der Waals surface area contributed by atoms with E-state index < -0.39 is 0 Å². The number of nitrogens with zero attached hydrogens (tertiary/aromatic N) is 5. The average Bonchev–Trinajstić information content (AvgIpc) is 3.30. The molecule has 0 aliphatic rings. The van der Waals surface area contributed by atoms with Gasteiger partial charge in [-0.25, -0.2) is 4.98 Å². The lowest BCUT2D eigenvalue weighted by atomic mass is 10.2. The van der Waals surface area contributed by atoms with Crippen molar-refractivity contribution in [1.82, 2.24) is 25.2 Å². The lowest BCUT2D eigenvalue weighted by Gasteiger charge is -1.95. The van der Waals surface area contributed by atoms with Crippen LogP contribution in [0.25, 0.3) is 22.0 Å². The van der Waals surface area contributed by atoms with E-state index in [0.29, 0.717) is 12.4 Å². The van der Waals surface area contributed by atoms with E-state index in [9.17, 15) is 0 Å². The Morgan fingerprint density at radius 1 is 1.00 bits per heavy atom. The van der Waals surface area contributed by atoms with Gasteiger partial charge in [-0.15, -0.1) is 21.5 Å². The smallest absolute Gasteiger partial charge is 0.205 e. The summed E-state index contributed by atoms with van der Waals surface area (Å²) in [6.45, 7) is 0.528. The summed E-state index contributed by atoms with van der Waals surface area (Å²) in [4.78, 5) is 6.22. The van der Waals surface area contributed by atoms with E-state index in [1.807, 2.05) is 40.4 Å². The van der Waals surface area contributed by atoms with Crippen LogP contribution in [0.15, 0.2) is 52.5 Å². The van der Waals surface area contributed by atoms with Gasteiger partial charge < -0.3 is 0 Å². The van der Waals surface area contributed by atoms with E-state index >= 15 is 0 Å². The van der Waals surface area contributed by atoms with Gasteiger partial charge in [-0.2, -0.15) is 16.1 Å². The number of tetrazole rings is 1. The standard InChI is InChI=1S/C15H11N5S2/c1-2-4-11(5-3-1)15-16-13(10-22-15)8-20-18-14(17-19-20)12-6-7-21-9-12/h1-7,9-10H,8H2. The highest BCUT2D eigenvalue weighted by atomic mass is 32.1. The Hall–Kier alpha value is -2.38. The molecule has 0 saturated heterocycles. The molecule has 0 fully saturated rings. The highest BCUT2D eigenvalue weighted by molar-refractivity contribution is 7.13. The van der Waals surface area contributed by atoms with Crippen LogP contribution >= 0.6 is 22.7 Å². The van der Waals surface area contributed by atoms with Crippen LogP contribution in [0.4, 0.5) is 0 Å². The predicted octanol–water partition coefficient (Wildman–Crippen LogP) is 3.57. The number of hydrogen-bond acceptors (Lipinski definition) is 6. The number of aromatic nitrogens is 5. The van der Waals surface area contributed by atoms with E-state index in [-0.39, 0.29) is 0 Å². The Labute approximate surface area is 134 Å². The first-order valence-electron chi connectivity index (χ1n) is 6.69. The van der Waals surface area contributed by atoms with Crippen molar-refractivity contribution in [3.05, 3.63) is 58.2 Å². The maximum absolute atomic E-state index is 4.64. The molecule has 22 heavy (non-hydrogen) atoms. The fourth-order valence-electron chi connectivity index (χ4n) is 2.06. The summed E-state index contributed by atoms with van der Waals surface area (Å²) in [6, 6.07) is 12.1. The van der Waals surface area contributed by atoms with Crippen LogP contribution in [0.5, 0.6) is 0 Å². The average molecular weight is 325 g/mol. The van der Waals surface area contributed by atoms with Crippen molar-refractivity contribution in [3.63, 3.8) is 0 Å². The molecule has 0 spiro atoms. The van der Waals surface area contributed by atoms with Gasteiger partial charge in [0.05, 0.1) is 5.69 Å². The summed E-state index contributed by atoms with van der Waals surface area (Å²) >= 11 is 3.25. The molecule has 108 valence electrons. The Kier molecular flexibility index (Phi) is 3.49. The monoisotopic (exact) mass is 325 g/mol. The molecule has 0 unspecified atom stereocenters. The largest absolute Gasteiger partial charge is 0.239 e. The molecule has 0 N–H and O–H groups in total. The van der Waals surface area contributed by atoms with Gasteiger partial charge in [0, 0.05) is 21.9 Å². The molecule has 0 aliphatic heterocycles. The predicted molar refractivity (Wildman–Crippen MR) is 87.8 cm³/mol. The molecule has 1 aromatic carbocycles. The quantitative estimate of drug-likeness (QED) is 0.575. The van der Waals surface area contributed by atoms with Crippen molar-refractivity contribution < 1.29 is 0 Å². The molecule has 5 nitrogen and oxygen atoms in total. The summed E-state index contributed by atoms with van der Waals surface area (Å²) in [5.41, 5.74) is 3.07. The van der Waals surface area contributed by atoms with Crippen LogP contribution < -0.4 is 0 Å². The Morgan fingerprint density at radius 2 is 1.91 bits per heavy atom. The number of rotatable bonds is 4. The van der Waals surface area contributed by atoms with E-state index in [4.69, 9.17) is 0 Å². The number of thiazole rings is 1. The Morgan fingerprint density at radius 3 is 2.73 bits per heavy atom. The minimum Gasteiger partial charge on any atom is -0.239 e. The molecule has 0 amide bonds. The summed E-state index contributed by atoms with van der Waals surface area (Å²) in [6.07, 6.45) is 0. The topological polar surface area (TPSA) is 56.5 Å². The van der Waals surface area contributed by atoms with Gasteiger partial charge in [-0.05, 0) is 16.7 Å². The molecule has 0 atom stereocenters. The van der Waals surface area contributed by atoms with Crippen molar-refractivity contribution >= 4 is 22.7 Å². The first-order valence-corrected chi connectivity index (χ1v) is 8.51. The van der Waals surface area contributed by atoms with Crippen LogP contribution in [0.1, 0.15) is 5.69 Å². The second-order valence-electron chi connectivity index (χ2n) is 4.67. The third-order valence-corrected chi connectivity index (χ3v) is 4.73. The SMILES string of the molecule is c1ccc(-c2nc(Cn3nnc(-c4ccsc4)n3)cs2)cc1. The molecule has 3 aromatic heterocycles. The van der Waals surface area contributed by atoms with Crippen molar-refractivity contribution in [3.8, 4) is 22.0 Å². The molecule has 0 aliphatic carbocycles. The zero-order chi connectivity index (χ0) is 14.8. The highest BCUT2D eigenvalue weighted by Crippen LogP contribution is 2.23. The van der Waals surface area contributed by atoms with E-state index in [1.54, 1.807) is 27.5 Å². The van der Waals surface area contributed by atoms with Crippen molar-refractivity contribution in [1.29, 1.82) is 0 Å². The molecule has 0 radical (unpaired) electrons. The zero-order valence-corrected chi connectivity index (χ0v) is 13.1. The third kappa shape index (κ3) is 2.68. The molecule has 7 heteroatoms. The van der Waals surface area contributed by atoms with Crippen molar-refractivity contribution in [2.45, 2.75) is 6.54 Å². The molecule has 4 rings (SSSR count). The lowest BCUT2D eigenvalue weighted by molar-refractivity contribution is 0.566. The number of thiophene rings is 1. The van der Waals surface area contributed by atoms with Gasteiger partial charge in [-0.3, -0.25) is 0 Å². The van der Waals surface area contributed by atoms with Crippen LogP contribution in [0.3, 0.4) is 0 Å². The van der Waals surface area contributed by atoms with Crippen LogP contribution in [0, 0.1) is 0 Å². The summed E-state index contributed by atoms with van der Waals surface area (Å²) in [5, 5.41) is 19.6. The van der Waals surface area contributed by atoms with Gasteiger partial charge in [0.1, 0.15) is 11.6 Å². The molecular weight excluding hydrogens is 314 g/mol. The Bertz CT molecular complexity index is 864. The third-order valence-electron chi connectivity index (χ3n) is 3.11. The fraction of sp³-hybridized carbons (Fsp3) is 0.0667. The lowest BCUT2D eigenvalue weighted by Crippen LogP contribution is -2.04. The minimum atomic E-state index is 0.528. The number of benzene rings is 1. The van der Waals surface area contributed by atoms with Gasteiger partial charge in [0.2, 0.25) is 5.82 Å². The van der Waals surface area contributed by atoms with E-state index in [2.05, 4.69) is 32.5 Å². The van der Waals surface area contributed by atoms with E-state index in [0.717, 1.165) is 21.8 Å². The summed E-state index contributed by atoms with van der Waals surface area (Å²) < 4.78 is 0. The highest BCUT2D eigenvalue weighted by Gasteiger charge is 2.09. The number of hydrogen-bond donors (Lipinski definition) is 0. The fourth-order valence-corrected chi connectivity index (χ4v) is 3.51. The molecule has 0 saturated carbocycles. The van der Waals surface area contributed by atoms with Gasteiger partial charge in [-0.1, -0.05) is 30.3 Å². The maximum Gasteiger partial charge on any atom is 0.205 e. The van der Waals surface area contributed by atoms with Crippen LogP contribution in [-0.2, 0) is 6.54 Å². The van der Waals surface area contributed by atoms with Crippen LogP contribution in [0.2, 0.25) is 0 Å². The van der Waals surface area contributed by atoms with Gasteiger partial charge in [0.25, 0.3) is 0 Å². The van der Waals surface area contributed by atoms with Crippen LogP contribution in [-0.4, -0.2) is 25.2 Å². The van der Waals surface area contributed by atoms with Crippen molar-refractivity contribution in [2.75, 3.05) is 0 Å². The first-order chi connectivity index (χ1) is 10.9. The second kappa shape index (κ2) is 5.78. The van der Waals surface area contributed by atoms with Crippen molar-refractivity contribution in [2.24, 2.45) is 0 Å². The zero-order valence-electron chi connectivity index (χ0n) is 11.5. The first kappa shape index (κ1) is 13.3. The normalized spacial score (nSPS) is 10.9. The molecular formula is C15H11N5S2. The molecule has 4 aromatic rings. The van der Waals surface area contributed by atoms with Gasteiger partial charge in [0.15, 0.2) is 0 Å². The summed E-state index contributed by atoms with van der Waals surface area (Å²) in [7, 11) is 0. The minimum absolute atomic E-state index is 0.528. The summed E-state index contributed by atoms with van der Waals surface area (Å²) in [5.74, 6) is 0.653. The van der Waals surface area contributed by atoms with E-state index in [1.165, 1.54) is 0 Å². The maximum atomic E-state index is 4.64. The molecule has 0 bridgehead atoms. The van der Waals surface area contributed by atoms with Gasteiger partial charge >= 0.3 is 0 Å². The molecule has 3 heterocycles. The Balaban J connectivity index is 1.54. The second-order valence-corrected chi connectivity index (χ2v) is 6.30.